The molecule has 0 saturated heterocycles. The Morgan fingerprint density at radius 2 is 2.00 bits per heavy atom. The molecule has 0 saturated carbocycles. The van der Waals surface area contributed by atoms with Crippen LogP contribution in [-0.4, -0.2) is 14.8 Å². The molecule has 0 fully saturated rings. The molecule has 0 aliphatic rings. The topological polar surface area (TPSA) is 34.9 Å². The minimum Gasteiger partial charge on any atom is -0.290 e. The molecule has 1 heterocycles. The molecular formula is C12H14N2OS. The van der Waals surface area contributed by atoms with E-state index in [9.17, 15) is 4.79 Å². The minimum atomic E-state index is 0.0220. The van der Waals surface area contributed by atoms with Crippen molar-refractivity contribution in [3.05, 3.63) is 34.6 Å². The van der Waals surface area contributed by atoms with Crippen LogP contribution in [0.4, 0.5) is 0 Å². The molecule has 2 aromatic rings. The fourth-order valence-electron chi connectivity index (χ4n) is 1.51. The van der Waals surface area contributed by atoms with E-state index in [1.807, 2.05) is 24.3 Å². The predicted molar refractivity (Wildman–Crippen MR) is 68.0 cm³/mol. The van der Waals surface area contributed by atoms with Crippen LogP contribution in [0, 0.1) is 0 Å². The van der Waals surface area contributed by atoms with E-state index in [-0.39, 0.29) is 5.56 Å². The van der Waals surface area contributed by atoms with Crippen molar-refractivity contribution in [2.24, 2.45) is 7.05 Å². The average Bonchev–Trinajstić information content (AvgIpc) is 2.25. The number of rotatable bonds is 2. The van der Waals surface area contributed by atoms with Crippen LogP contribution in [0.25, 0.3) is 10.9 Å². The van der Waals surface area contributed by atoms with Crippen LogP contribution >= 0.6 is 11.8 Å². The van der Waals surface area contributed by atoms with Crippen molar-refractivity contribution in [1.82, 2.24) is 9.55 Å². The number of aromatic nitrogens is 2. The van der Waals surface area contributed by atoms with Gasteiger partial charge in [0, 0.05) is 12.3 Å². The Morgan fingerprint density at radius 1 is 1.31 bits per heavy atom. The monoisotopic (exact) mass is 234 g/mol. The van der Waals surface area contributed by atoms with E-state index in [1.54, 1.807) is 23.4 Å². The molecule has 0 unspecified atom stereocenters. The van der Waals surface area contributed by atoms with Crippen LogP contribution in [0.1, 0.15) is 13.8 Å². The standard InChI is InChI=1S/C12H14N2OS/c1-8(2)16-12-13-10-7-5-4-6-9(10)11(15)14(12)3/h4-8H,1-3H3. The van der Waals surface area contributed by atoms with Crippen molar-refractivity contribution in [3.8, 4) is 0 Å². The van der Waals surface area contributed by atoms with Gasteiger partial charge in [-0.15, -0.1) is 0 Å². The van der Waals surface area contributed by atoms with Gasteiger partial charge in [0.1, 0.15) is 0 Å². The number of benzene rings is 1. The Bertz CT molecular complexity index is 575. The zero-order chi connectivity index (χ0) is 11.7. The van der Waals surface area contributed by atoms with E-state index in [2.05, 4.69) is 18.8 Å². The lowest BCUT2D eigenvalue weighted by molar-refractivity contribution is 0.724. The maximum absolute atomic E-state index is 12.0. The Kier molecular flexibility index (Phi) is 3.01. The largest absolute Gasteiger partial charge is 0.290 e. The van der Waals surface area contributed by atoms with Crippen LogP contribution < -0.4 is 5.56 Å². The van der Waals surface area contributed by atoms with Gasteiger partial charge < -0.3 is 0 Å². The smallest absolute Gasteiger partial charge is 0.261 e. The summed E-state index contributed by atoms with van der Waals surface area (Å²) in [6.07, 6.45) is 0. The van der Waals surface area contributed by atoms with E-state index < -0.39 is 0 Å². The zero-order valence-corrected chi connectivity index (χ0v) is 10.4. The molecule has 1 aromatic carbocycles. The summed E-state index contributed by atoms with van der Waals surface area (Å²) >= 11 is 1.61. The second-order valence-electron chi connectivity index (χ2n) is 3.94. The lowest BCUT2D eigenvalue weighted by Gasteiger charge is -2.09. The van der Waals surface area contributed by atoms with Gasteiger partial charge in [0.15, 0.2) is 5.16 Å². The third kappa shape index (κ3) is 1.97. The molecule has 84 valence electrons. The molecule has 3 nitrogen and oxygen atoms in total. The predicted octanol–water partition coefficient (Wildman–Crippen LogP) is 2.43. The van der Waals surface area contributed by atoms with Gasteiger partial charge in [-0.1, -0.05) is 37.7 Å². The van der Waals surface area contributed by atoms with E-state index in [0.29, 0.717) is 10.6 Å². The first kappa shape index (κ1) is 11.2. The molecule has 1 aromatic heterocycles. The van der Waals surface area contributed by atoms with Gasteiger partial charge in [-0.05, 0) is 12.1 Å². The summed E-state index contributed by atoms with van der Waals surface area (Å²) in [6.45, 7) is 4.18. The Hall–Kier alpha value is -1.29. The summed E-state index contributed by atoms with van der Waals surface area (Å²) in [7, 11) is 1.77. The first-order valence-corrected chi connectivity index (χ1v) is 6.10. The molecule has 0 amide bonds. The van der Waals surface area contributed by atoms with Crippen molar-refractivity contribution in [2.45, 2.75) is 24.3 Å². The highest BCUT2D eigenvalue weighted by molar-refractivity contribution is 7.99. The lowest BCUT2D eigenvalue weighted by atomic mass is 10.2. The fourth-order valence-corrected chi connectivity index (χ4v) is 2.33. The third-order valence-electron chi connectivity index (χ3n) is 2.28. The van der Waals surface area contributed by atoms with Gasteiger partial charge in [0.25, 0.3) is 5.56 Å². The van der Waals surface area contributed by atoms with Crippen molar-refractivity contribution in [3.63, 3.8) is 0 Å². The number of hydrogen-bond donors (Lipinski definition) is 0. The summed E-state index contributed by atoms with van der Waals surface area (Å²) in [5, 5.41) is 1.87. The first-order valence-electron chi connectivity index (χ1n) is 5.22. The molecule has 16 heavy (non-hydrogen) atoms. The van der Waals surface area contributed by atoms with Crippen molar-refractivity contribution >= 4 is 22.7 Å². The summed E-state index contributed by atoms with van der Waals surface area (Å²) in [4.78, 5) is 16.5. The fraction of sp³-hybridized carbons (Fsp3) is 0.333. The molecular weight excluding hydrogens is 220 g/mol. The van der Waals surface area contributed by atoms with E-state index in [4.69, 9.17) is 0 Å². The third-order valence-corrected chi connectivity index (χ3v) is 3.33. The van der Waals surface area contributed by atoms with Crippen molar-refractivity contribution in [2.75, 3.05) is 0 Å². The Labute approximate surface area is 98.5 Å². The minimum absolute atomic E-state index is 0.0220. The van der Waals surface area contributed by atoms with E-state index in [0.717, 1.165) is 10.7 Å². The van der Waals surface area contributed by atoms with Gasteiger partial charge >= 0.3 is 0 Å². The van der Waals surface area contributed by atoms with E-state index in [1.165, 1.54) is 0 Å². The first-order chi connectivity index (χ1) is 7.59. The van der Waals surface area contributed by atoms with Crippen LogP contribution in [0.3, 0.4) is 0 Å². The van der Waals surface area contributed by atoms with Gasteiger partial charge in [0.2, 0.25) is 0 Å². The van der Waals surface area contributed by atoms with Crippen LogP contribution in [0.15, 0.2) is 34.2 Å². The highest BCUT2D eigenvalue weighted by Gasteiger charge is 2.09. The molecule has 0 atom stereocenters. The second kappa shape index (κ2) is 4.29. The number of hydrogen-bond acceptors (Lipinski definition) is 3. The number of fused-ring (bicyclic) bond motifs is 1. The maximum Gasteiger partial charge on any atom is 0.261 e. The number of thioether (sulfide) groups is 1. The molecule has 0 radical (unpaired) electrons. The lowest BCUT2D eigenvalue weighted by Crippen LogP contribution is -2.20. The molecule has 0 aliphatic heterocycles. The van der Waals surface area contributed by atoms with Gasteiger partial charge in [0.05, 0.1) is 10.9 Å². The quantitative estimate of drug-likeness (QED) is 0.591. The normalized spacial score (nSPS) is 11.2. The van der Waals surface area contributed by atoms with Crippen LogP contribution in [0.2, 0.25) is 0 Å². The zero-order valence-electron chi connectivity index (χ0n) is 9.60. The molecule has 2 rings (SSSR count). The molecule has 4 heteroatoms. The highest BCUT2D eigenvalue weighted by Crippen LogP contribution is 2.20. The van der Waals surface area contributed by atoms with Crippen LogP contribution in [-0.2, 0) is 7.05 Å². The second-order valence-corrected chi connectivity index (χ2v) is 5.49. The Morgan fingerprint density at radius 3 is 2.69 bits per heavy atom. The SMILES string of the molecule is CC(C)Sc1nc2ccccc2c(=O)n1C. The summed E-state index contributed by atoms with van der Waals surface area (Å²) < 4.78 is 1.62. The molecule has 0 N–H and O–H groups in total. The summed E-state index contributed by atoms with van der Waals surface area (Å²) in [5.74, 6) is 0. The van der Waals surface area contributed by atoms with Crippen molar-refractivity contribution < 1.29 is 0 Å². The maximum atomic E-state index is 12.0. The number of nitrogens with zero attached hydrogens (tertiary/aromatic N) is 2. The van der Waals surface area contributed by atoms with Crippen molar-refractivity contribution in [1.29, 1.82) is 0 Å². The summed E-state index contributed by atoms with van der Waals surface area (Å²) in [6, 6.07) is 7.45. The summed E-state index contributed by atoms with van der Waals surface area (Å²) in [5.41, 5.74) is 0.794. The average molecular weight is 234 g/mol. The van der Waals surface area contributed by atoms with Gasteiger partial charge in [-0.2, -0.15) is 0 Å². The van der Waals surface area contributed by atoms with E-state index >= 15 is 0 Å². The number of para-hydroxylation sites is 1. The highest BCUT2D eigenvalue weighted by atomic mass is 32.2. The van der Waals surface area contributed by atoms with Crippen LogP contribution in [0.5, 0.6) is 0 Å². The molecule has 0 aliphatic carbocycles. The molecule has 0 spiro atoms. The van der Waals surface area contributed by atoms with Gasteiger partial charge in [-0.3, -0.25) is 9.36 Å². The molecule has 0 bridgehead atoms. The Balaban J connectivity index is 2.69. The van der Waals surface area contributed by atoms with Gasteiger partial charge in [-0.25, -0.2) is 4.98 Å².